The molecule has 0 radical (unpaired) electrons. The Balaban J connectivity index is 1.88. The number of amides is 2. The molecule has 3 aliphatic carbocycles. The normalized spacial score (nSPS) is 27.4. The molecule has 1 atom stereocenters. The molecule has 5 nitrogen and oxygen atoms in total. The van der Waals surface area contributed by atoms with Crippen LogP contribution in [0.1, 0.15) is 33.6 Å². The number of alkyl halides is 1. The summed E-state index contributed by atoms with van der Waals surface area (Å²) in [5.41, 5.74) is 2.69. The molecule has 24 heavy (non-hydrogen) atoms. The Morgan fingerprint density at radius 1 is 1.33 bits per heavy atom. The van der Waals surface area contributed by atoms with Gasteiger partial charge >= 0.3 is 6.03 Å². The number of hydrogen-bond acceptors (Lipinski definition) is 3. The van der Waals surface area contributed by atoms with Crippen molar-refractivity contribution in [2.45, 2.75) is 39.2 Å². The third-order valence-electron chi connectivity index (χ3n) is 5.68. The van der Waals surface area contributed by atoms with Crippen LogP contribution in [0.5, 0.6) is 0 Å². The molecule has 3 rings (SSSR count). The van der Waals surface area contributed by atoms with Crippen molar-refractivity contribution in [3.63, 3.8) is 0 Å². The number of Topliss-reactive ketones (excluding diaryl/α,β-unsaturated/α-hetero) is 1. The van der Waals surface area contributed by atoms with Crippen LogP contribution in [0.2, 0.25) is 0 Å². The second-order valence-electron chi connectivity index (χ2n) is 7.00. The molecule has 0 unspecified atom stereocenters. The highest BCUT2D eigenvalue weighted by Gasteiger charge is 2.64. The molecule has 0 aromatic carbocycles. The first-order valence-corrected chi connectivity index (χ1v) is 8.78. The molecule has 2 amide bonds. The van der Waals surface area contributed by atoms with E-state index >= 15 is 0 Å². The standard InChI is InChI=1S/C18H23ClN2O3/c1-10-8-12-14(13(10)9-21-16(23)20-7-6-19)11(2)18(4-5-18)17(3,24)15(12)22/h8,24H,4-7,9H2,1-3H3,(H2,20,21,23)/t17-/m0/s1. The number of rotatable bonds is 4. The van der Waals surface area contributed by atoms with Gasteiger partial charge in [-0.1, -0.05) is 5.57 Å². The molecule has 6 heteroatoms. The molecule has 130 valence electrons. The number of nitrogens with one attached hydrogen (secondary N) is 2. The molecule has 0 bridgehead atoms. The summed E-state index contributed by atoms with van der Waals surface area (Å²) in [7, 11) is 0. The first kappa shape index (κ1) is 17.2. The molecule has 0 aromatic heterocycles. The SMILES string of the molecule is CC1=C(CNC(=O)NCCCl)C2=C(C)C3(CC3)[C@@](C)(O)C(=O)C2=C1. The Labute approximate surface area is 146 Å². The molecule has 1 saturated carbocycles. The smallest absolute Gasteiger partial charge is 0.315 e. The Kier molecular flexibility index (Phi) is 4.12. The van der Waals surface area contributed by atoms with E-state index in [0.717, 1.165) is 35.1 Å². The van der Waals surface area contributed by atoms with Gasteiger partial charge in [0.05, 0.1) is 0 Å². The lowest BCUT2D eigenvalue weighted by Gasteiger charge is -2.39. The molecule has 1 fully saturated rings. The van der Waals surface area contributed by atoms with Crippen LogP contribution in [0.3, 0.4) is 0 Å². The second-order valence-corrected chi connectivity index (χ2v) is 7.38. The first-order valence-electron chi connectivity index (χ1n) is 8.24. The highest BCUT2D eigenvalue weighted by molar-refractivity contribution is 6.18. The van der Waals surface area contributed by atoms with Crippen LogP contribution in [0, 0.1) is 5.41 Å². The minimum absolute atomic E-state index is 0.207. The van der Waals surface area contributed by atoms with Crippen molar-refractivity contribution in [1.29, 1.82) is 0 Å². The Bertz CT molecular complexity index is 712. The maximum absolute atomic E-state index is 12.8. The van der Waals surface area contributed by atoms with Crippen molar-refractivity contribution >= 4 is 23.4 Å². The van der Waals surface area contributed by atoms with E-state index in [1.807, 2.05) is 19.9 Å². The van der Waals surface area contributed by atoms with Crippen molar-refractivity contribution < 1.29 is 14.7 Å². The molecule has 3 N–H and O–H groups in total. The first-order chi connectivity index (χ1) is 11.3. The summed E-state index contributed by atoms with van der Waals surface area (Å²) in [5.74, 6) is 0.151. The number of urea groups is 1. The highest BCUT2D eigenvalue weighted by atomic mass is 35.5. The van der Waals surface area contributed by atoms with Crippen molar-refractivity contribution in [1.82, 2.24) is 10.6 Å². The fourth-order valence-electron chi connectivity index (χ4n) is 4.03. The van der Waals surface area contributed by atoms with Crippen LogP contribution in [0.15, 0.2) is 33.9 Å². The summed E-state index contributed by atoms with van der Waals surface area (Å²) < 4.78 is 0. The van der Waals surface area contributed by atoms with Crippen molar-refractivity contribution in [3.8, 4) is 0 Å². The van der Waals surface area contributed by atoms with E-state index in [1.54, 1.807) is 6.92 Å². The van der Waals surface area contributed by atoms with E-state index in [0.29, 0.717) is 24.5 Å². The molecule has 0 aliphatic heterocycles. The Morgan fingerprint density at radius 3 is 2.58 bits per heavy atom. The summed E-state index contributed by atoms with van der Waals surface area (Å²) in [5, 5.41) is 16.3. The van der Waals surface area contributed by atoms with Gasteiger partial charge in [-0.3, -0.25) is 4.79 Å². The van der Waals surface area contributed by atoms with E-state index in [4.69, 9.17) is 11.6 Å². The van der Waals surface area contributed by atoms with Gasteiger partial charge in [-0.2, -0.15) is 0 Å². The van der Waals surface area contributed by atoms with Crippen LogP contribution >= 0.6 is 11.6 Å². The summed E-state index contributed by atoms with van der Waals surface area (Å²) in [6, 6.07) is -0.280. The largest absolute Gasteiger partial charge is 0.381 e. The highest BCUT2D eigenvalue weighted by Crippen LogP contribution is 2.64. The average molecular weight is 351 g/mol. The monoisotopic (exact) mass is 350 g/mol. The third-order valence-corrected chi connectivity index (χ3v) is 5.86. The van der Waals surface area contributed by atoms with E-state index in [1.165, 1.54) is 0 Å². The summed E-state index contributed by atoms with van der Waals surface area (Å²) in [6.07, 6.45) is 3.48. The lowest BCUT2D eigenvalue weighted by molar-refractivity contribution is -0.137. The zero-order chi connectivity index (χ0) is 17.7. The summed E-state index contributed by atoms with van der Waals surface area (Å²) in [6.45, 7) is 6.32. The van der Waals surface area contributed by atoms with Crippen molar-refractivity contribution in [2.75, 3.05) is 19.0 Å². The van der Waals surface area contributed by atoms with Gasteiger partial charge in [-0.25, -0.2) is 4.79 Å². The number of fused-ring (bicyclic) bond motifs is 1. The predicted octanol–water partition coefficient (Wildman–Crippen LogP) is 2.21. The van der Waals surface area contributed by atoms with E-state index < -0.39 is 11.0 Å². The van der Waals surface area contributed by atoms with Gasteiger partial charge in [0, 0.05) is 30.0 Å². The lowest BCUT2D eigenvalue weighted by atomic mass is 9.67. The number of allylic oxidation sites excluding steroid dienone is 2. The van der Waals surface area contributed by atoms with E-state index in [-0.39, 0.29) is 11.8 Å². The fourth-order valence-corrected chi connectivity index (χ4v) is 4.13. The average Bonchev–Trinajstić information content (AvgIpc) is 3.28. The van der Waals surface area contributed by atoms with Gasteiger partial charge in [0.15, 0.2) is 5.78 Å². The number of carbonyl (C=O) groups excluding carboxylic acids is 2. The molecule has 0 aromatic rings. The molecular formula is C18H23ClN2O3. The van der Waals surface area contributed by atoms with Gasteiger partial charge in [0.2, 0.25) is 0 Å². The minimum Gasteiger partial charge on any atom is -0.381 e. The van der Waals surface area contributed by atoms with E-state index in [9.17, 15) is 14.7 Å². The fraction of sp³-hybridized carbons (Fsp3) is 0.556. The van der Waals surface area contributed by atoms with Crippen LogP contribution < -0.4 is 10.6 Å². The van der Waals surface area contributed by atoms with Crippen LogP contribution in [-0.2, 0) is 4.79 Å². The predicted molar refractivity (Wildman–Crippen MR) is 92.9 cm³/mol. The van der Waals surface area contributed by atoms with Crippen LogP contribution in [-0.4, -0.2) is 41.5 Å². The summed E-state index contributed by atoms with van der Waals surface area (Å²) >= 11 is 5.56. The quantitative estimate of drug-likeness (QED) is 0.680. The molecule has 3 aliphatic rings. The number of halogens is 1. The van der Waals surface area contributed by atoms with Crippen LogP contribution in [0.25, 0.3) is 0 Å². The Morgan fingerprint density at radius 2 is 2.00 bits per heavy atom. The topological polar surface area (TPSA) is 78.4 Å². The van der Waals surface area contributed by atoms with Crippen LogP contribution in [0.4, 0.5) is 4.79 Å². The zero-order valence-corrected chi connectivity index (χ0v) is 15.0. The number of aliphatic hydroxyl groups is 1. The number of ketones is 1. The third kappa shape index (κ3) is 2.33. The Hall–Kier alpha value is -1.59. The van der Waals surface area contributed by atoms with Gasteiger partial charge in [0.1, 0.15) is 5.60 Å². The maximum Gasteiger partial charge on any atom is 0.315 e. The molecule has 1 spiro atoms. The maximum atomic E-state index is 12.8. The summed E-state index contributed by atoms with van der Waals surface area (Å²) in [4.78, 5) is 24.6. The number of carbonyl (C=O) groups is 2. The molecular weight excluding hydrogens is 328 g/mol. The van der Waals surface area contributed by atoms with E-state index in [2.05, 4.69) is 10.6 Å². The lowest BCUT2D eigenvalue weighted by Crippen LogP contribution is -2.49. The molecule has 0 heterocycles. The van der Waals surface area contributed by atoms with Gasteiger partial charge in [-0.15, -0.1) is 11.6 Å². The second kappa shape index (κ2) is 5.74. The van der Waals surface area contributed by atoms with Gasteiger partial charge in [0.25, 0.3) is 0 Å². The number of hydrogen-bond donors (Lipinski definition) is 3. The zero-order valence-electron chi connectivity index (χ0n) is 14.3. The van der Waals surface area contributed by atoms with Crippen molar-refractivity contribution in [2.24, 2.45) is 5.41 Å². The minimum atomic E-state index is -1.34. The molecule has 0 saturated heterocycles. The van der Waals surface area contributed by atoms with Crippen molar-refractivity contribution in [3.05, 3.63) is 33.9 Å². The van der Waals surface area contributed by atoms with Gasteiger partial charge in [-0.05, 0) is 56.4 Å². The van der Waals surface area contributed by atoms with Gasteiger partial charge < -0.3 is 15.7 Å².